The fraction of sp³-hybridized carbons (Fsp3) is 0.571. The van der Waals surface area contributed by atoms with Crippen molar-refractivity contribution >= 4 is 21.8 Å². The molecule has 4 heteroatoms. The number of ether oxygens (including phenoxy) is 2. The van der Waals surface area contributed by atoms with Gasteiger partial charge in [-0.3, -0.25) is 0 Å². The predicted molar refractivity (Wildman–Crippen MR) is 135 cm³/mol. The van der Waals surface area contributed by atoms with Crippen molar-refractivity contribution in [2.24, 2.45) is 5.92 Å². The number of unbranched alkanes of at least 4 members (excludes halogenated alkanes) is 6. The number of nitrogens with zero attached hydrogens (tertiary/aromatic N) is 2. The molecule has 0 bridgehead atoms. The molecule has 1 unspecified atom stereocenters. The predicted octanol–water partition coefficient (Wildman–Crippen LogP) is 8.12. The molecule has 0 aliphatic carbocycles. The van der Waals surface area contributed by atoms with Crippen LogP contribution in [0.3, 0.4) is 0 Å². The number of fused-ring (bicyclic) bond motifs is 3. The maximum atomic E-state index is 5.91. The van der Waals surface area contributed by atoms with Gasteiger partial charge in [0.2, 0.25) is 11.8 Å². The van der Waals surface area contributed by atoms with Gasteiger partial charge in [0.15, 0.2) is 0 Å². The highest BCUT2D eigenvalue weighted by molar-refractivity contribution is 6.04. The molecule has 0 N–H and O–H groups in total. The van der Waals surface area contributed by atoms with Crippen molar-refractivity contribution in [1.82, 2.24) is 9.97 Å². The lowest BCUT2D eigenvalue weighted by atomic mass is 10.0. The van der Waals surface area contributed by atoms with E-state index in [-0.39, 0.29) is 0 Å². The van der Waals surface area contributed by atoms with Crippen LogP contribution in [-0.4, -0.2) is 23.2 Å². The van der Waals surface area contributed by atoms with Gasteiger partial charge < -0.3 is 9.47 Å². The fourth-order valence-electron chi connectivity index (χ4n) is 3.98. The monoisotopic (exact) mass is 436 g/mol. The molecule has 174 valence electrons. The van der Waals surface area contributed by atoms with E-state index < -0.39 is 0 Å². The summed E-state index contributed by atoms with van der Waals surface area (Å²) in [5, 5.41) is 2.20. The molecule has 0 spiro atoms. The van der Waals surface area contributed by atoms with Crippen LogP contribution >= 0.6 is 0 Å². The summed E-state index contributed by atoms with van der Waals surface area (Å²) in [4.78, 5) is 9.41. The van der Waals surface area contributed by atoms with Crippen molar-refractivity contribution in [3.05, 3.63) is 36.4 Å². The van der Waals surface area contributed by atoms with Crippen molar-refractivity contribution in [2.75, 3.05) is 13.2 Å². The molecule has 0 fully saturated rings. The molecule has 3 aromatic rings. The van der Waals surface area contributed by atoms with Crippen molar-refractivity contribution in [3.63, 3.8) is 0 Å². The van der Waals surface area contributed by atoms with Crippen LogP contribution in [-0.2, 0) is 0 Å². The summed E-state index contributed by atoms with van der Waals surface area (Å²) in [6, 6.07) is 12.2. The van der Waals surface area contributed by atoms with Gasteiger partial charge in [-0.05, 0) is 43.0 Å². The molecule has 0 radical (unpaired) electrons. The Kier molecular flexibility index (Phi) is 10.1. The second kappa shape index (κ2) is 13.2. The average Bonchev–Trinajstić information content (AvgIpc) is 2.82. The molecule has 2 aromatic heterocycles. The lowest BCUT2D eigenvalue weighted by Crippen LogP contribution is -2.00. The SMILES string of the molecule is CCCCCCCOc1ccc2c(ccc3nc(OCCCCCC(C)CC)ccc32)n1. The van der Waals surface area contributed by atoms with Gasteiger partial charge >= 0.3 is 0 Å². The Morgan fingerprint density at radius 3 is 1.72 bits per heavy atom. The van der Waals surface area contributed by atoms with E-state index in [1.54, 1.807) is 0 Å². The largest absolute Gasteiger partial charge is 0.478 e. The summed E-state index contributed by atoms with van der Waals surface area (Å²) in [5.74, 6) is 2.24. The van der Waals surface area contributed by atoms with Crippen molar-refractivity contribution in [2.45, 2.75) is 85.0 Å². The molecular weight excluding hydrogens is 396 g/mol. The number of aromatic nitrogens is 2. The Morgan fingerprint density at radius 2 is 1.19 bits per heavy atom. The first-order valence-corrected chi connectivity index (χ1v) is 12.7. The second-order valence-corrected chi connectivity index (χ2v) is 8.97. The number of hydrogen-bond donors (Lipinski definition) is 0. The van der Waals surface area contributed by atoms with Crippen LogP contribution in [0.15, 0.2) is 36.4 Å². The third-order valence-electron chi connectivity index (χ3n) is 6.27. The molecule has 0 saturated heterocycles. The van der Waals surface area contributed by atoms with E-state index in [0.717, 1.165) is 53.8 Å². The van der Waals surface area contributed by atoms with Gasteiger partial charge in [0.05, 0.1) is 24.2 Å². The number of benzene rings is 1. The van der Waals surface area contributed by atoms with Crippen LogP contribution in [0.1, 0.15) is 85.0 Å². The van der Waals surface area contributed by atoms with Gasteiger partial charge in [0.1, 0.15) is 0 Å². The van der Waals surface area contributed by atoms with Crippen LogP contribution in [0.4, 0.5) is 0 Å². The first-order chi connectivity index (χ1) is 15.7. The first kappa shape index (κ1) is 24.3. The Bertz CT molecular complexity index is 957. The van der Waals surface area contributed by atoms with Crippen LogP contribution in [0.5, 0.6) is 11.8 Å². The Labute approximate surface area is 193 Å². The third kappa shape index (κ3) is 7.36. The van der Waals surface area contributed by atoms with Crippen molar-refractivity contribution in [1.29, 1.82) is 0 Å². The molecular formula is C28H40N2O2. The maximum Gasteiger partial charge on any atom is 0.213 e. The van der Waals surface area contributed by atoms with Gasteiger partial charge in [0, 0.05) is 22.9 Å². The first-order valence-electron chi connectivity index (χ1n) is 12.7. The van der Waals surface area contributed by atoms with Gasteiger partial charge in [-0.1, -0.05) is 72.1 Å². The Hall–Kier alpha value is -2.36. The van der Waals surface area contributed by atoms with Crippen molar-refractivity contribution in [3.8, 4) is 11.8 Å². The highest BCUT2D eigenvalue weighted by Crippen LogP contribution is 2.27. The zero-order chi connectivity index (χ0) is 22.6. The van der Waals surface area contributed by atoms with Crippen LogP contribution in [0.25, 0.3) is 21.8 Å². The maximum absolute atomic E-state index is 5.91. The molecule has 0 saturated carbocycles. The van der Waals surface area contributed by atoms with E-state index in [9.17, 15) is 0 Å². The summed E-state index contributed by atoms with van der Waals surface area (Å²) < 4.78 is 11.8. The molecule has 2 heterocycles. The Morgan fingerprint density at radius 1 is 0.656 bits per heavy atom. The van der Waals surface area contributed by atoms with E-state index in [1.165, 1.54) is 51.4 Å². The minimum Gasteiger partial charge on any atom is -0.478 e. The fourth-order valence-corrected chi connectivity index (χ4v) is 3.98. The van der Waals surface area contributed by atoms with Crippen LogP contribution < -0.4 is 9.47 Å². The summed E-state index contributed by atoms with van der Waals surface area (Å²) in [6.45, 7) is 8.29. The zero-order valence-corrected chi connectivity index (χ0v) is 20.2. The van der Waals surface area contributed by atoms with Crippen LogP contribution in [0.2, 0.25) is 0 Å². The number of rotatable bonds is 15. The average molecular weight is 437 g/mol. The molecule has 32 heavy (non-hydrogen) atoms. The Balaban J connectivity index is 1.53. The number of hydrogen-bond acceptors (Lipinski definition) is 4. The molecule has 0 aliphatic heterocycles. The van der Waals surface area contributed by atoms with E-state index >= 15 is 0 Å². The van der Waals surface area contributed by atoms with E-state index in [2.05, 4.69) is 32.9 Å². The molecule has 3 rings (SSSR count). The minimum atomic E-state index is 0.702. The van der Waals surface area contributed by atoms with E-state index in [4.69, 9.17) is 19.4 Å². The normalized spacial score (nSPS) is 12.3. The van der Waals surface area contributed by atoms with E-state index in [1.807, 2.05) is 24.3 Å². The lowest BCUT2D eigenvalue weighted by molar-refractivity contribution is 0.292. The molecule has 4 nitrogen and oxygen atoms in total. The number of pyridine rings is 2. The highest BCUT2D eigenvalue weighted by atomic mass is 16.5. The molecule has 0 aliphatic rings. The minimum absolute atomic E-state index is 0.702. The molecule has 1 aromatic carbocycles. The van der Waals surface area contributed by atoms with Gasteiger partial charge in [-0.15, -0.1) is 0 Å². The lowest BCUT2D eigenvalue weighted by Gasteiger charge is -2.10. The van der Waals surface area contributed by atoms with Crippen molar-refractivity contribution < 1.29 is 9.47 Å². The highest BCUT2D eigenvalue weighted by Gasteiger charge is 2.07. The van der Waals surface area contributed by atoms with Gasteiger partial charge in [0.25, 0.3) is 0 Å². The summed E-state index contributed by atoms with van der Waals surface area (Å²) >= 11 is 0. The van der Waals surface area contributed by atoms with Gasteiger partial charge in [-0.25, -0.2) is 9.97 Å². The summed E-state index contributed by atoms with van der Waals surface area (Å²) in [7, 11) is 0. The molecule has 1 atom stereocenters. The zero-order valence-electron chi connectivity index (χ0n) is 20.2. The second-order valence-electron chi connectivity index (χ2n) is 8.97. The standard InChI is InChI=1S/C28H40N2O2/c1-4-6-7-8-11-20-31-27-18-14-23-24-15-19-28(30-26(24)17-16-25(23)29-27)32-21-12-9-10-13-22(3)5-2/h14-19,22H,4-13,20-21H2,1-3H3. The quantitative estimate of drug-likeness (QED) is 0.178. The summed E-state index contributed by atoms with van der Waals surface area (Å²) in [5.41, 5.74) is 1.89. The van der Waals surface area contributed by atoms with Crippen LogP contribution in [0, 0.1) is 5.92 Å². The summed E-state index contributed by atoms with van der Waals surface area (Å²) in [6.07, 6.45) is 12.3. The third-order valence-corrected chi connectivity index (χ3v) is 6.27. The molecule has 0 amide bonds. The smallest absolute Gasteiger partial charge is 0.213 e. The van der Waals surface area contributed by atoms with Gasteiger partial charge in [-0.2, -0.15) is 0 Å². The topological polar surface area (TPSA) is 44.2 Å². The van der Waals surface area contributed by atoms with E-state index in [0.29, 0.717) is 11.8 Å².